The summed E-state index contributed by atoms with van der Waals surface area (Å²) in [5, 5.41) is 0. The Morgan fingerprint density at radius 2 is 2.24 bits per heavy atom. The van der Waals surface area contributed by atoms with Crippen LogP contribution in [0.3, 0.4) is 0 Å². The summed E-state index contributed by atoms with van der Waals surface area (Å²) in [6.07, 6.45) is 1.88. The summed E-state index contributed by atoms with van der Waals surface area (Å²) in [7, 11) is 0. The molecule has 0 amide bonds. The Kier molecular flexibility index (Phi) is 1.98. The molecule has 3 aromatic rings. The Balaban J connectivity index is 2.54. The van der Waals surface area contributed by atoms with Crippen LogP contribution < -0.4 is 5.56 Å². The molecule has 0 saturated heterocycles. The predicted octanol–water partition coefficient (Wildman–Crippen LogP) is 1.27. The molecule has 3 rings (SSSR count). The summed E-state index contributed by atoms with van der Waals surface area (Å²) in [5.74, 6) is 0.172. The number of aryl methyl sites for hydroxylation is 1. The minimum Gasteiger partial charge on any atom is -0.309 e. The smallest absolute Gasteiger partial charge is 0.279 e. The van der Waals surface area contributed by atoms with Crippen molar-refractivity contribution in [2.45, 2.75) is 13.3 Å². The number of nitrogens with one attached hydrogen (secondary N) is 1. The van der Waals surface area contributed by atoms with Crippen LogP contribution in [0.5, 0.6) is 0 Å². The first-order valence-corrected chi connectivity index (χ1v) is 5.25. The summed E-state index contributed by atoms with van der Waals surface area (Å²) in [6.45, 7) is 1.88. The zero-order chi connectivity index (χ0) is 12.0. The van der Waals surface area contributed by atoms with Crippen LogP contribution in [0.2, 0.25) is 0 Å². The van der Waals surface area contributed by atoms with E-state index in [-0.39, 0.29) is 11.1 Å². The van der Waals surface area contributed by atoms with E-state index in [2.05, 4.69) is 15.0 Å². The van der Waals surface area contributed by atoms with Gasteiger partial charge in [0.1, 0.15) is 17.3 Å². The van der Waals surface area contributed by atoms with Crippen LogP contribution >= 0.6 is 0 Å². The molecule has 0 aromatic carbocycles. The number of hydrogen-bond donors (Lipinski definition) is 1. The number of fused-ring (bicyclic) bond motifs is 3. The van der Waals surface area contributed by atoms with Crippen LogP contribution in [0, 0.1) is 5.82 Å². The van der Waals surface area contributed by atoms with E-state index in [4.69, 9.17) is 0 Å². The standard InChI is InChI=1S/C11H9FN4O/c1-2-7-13-10-9(11(17)14-7)15-8-4-3-6(12)5-16(8)10/h3-5H,2H2,1H3,(H,13,14,17). The fourth-order valence-corrected chi connectivity index (χ4v) is 1.78. The van der Waals surface area contributed by atoms with Crippen molar-refractivity contribution in [3.05, 3.63) is 40.3 Å². The Hall–Kier alpha value is -2.24. The average molecular weight is 232 g/mol. The average Bonchev–Trinajstić information content (AvgIpc) is 2.68. The number of imidazole rings is 1. The maximum atomic E-state index is 13.2. The van der Waals surface area contributed by atoms with Crippen LogP contribution in [-0.4, -0.2) is 19.4 Å². The van der Waals surface area contributed by atoms with Gasteiger partial charge in [0.25, 0.3) is 5.56 Å². The highest BCUT2D eigenvalue weighted by Crippen LogP contribution is 2.12. The lowest BCUT2D eigenvalue weighted by Gasteiger charge is -1.97. The molecule has 0 atom stereocenters. The highest BCUT2D eigenvalue weighted by molar-refractivity contribution is 5.75. The second kappa shape index (κ2) is 3.38. The third kappa shape index (κ3) is 1.41. The third-order valence-electron chi connectivity index (χ3n) is 2.61. The van der Waals surface area contributed by atoms with Crippen LogP contribution in [0.15, 0.2) is 23.1 Å². The third-order valence-corrected chi connectivity index (χ3v) is 2.61. The quantitative estimate of drug-likeness (QED) is 0.687. The molecule has 3 aromatic heterocycles. The van der Waals surface area contributed by atoms with Crippen LogP contribution in [0.1, 0.15) is 12.7 Å². The van der Waals surface area contributed by atoms with Gasteiger partial charge < -0.3 is 4.98 Å². The Bertz CT molecular complexity index is 774. The van der Waals surface area contributed by atoms with E-state index >= 15 is 0 Å². The van der Waals surface area contributed by atoms with Crippen molar-refractivity contribution < 1.29 is 4.39 Å². The van der Waals surface area contributed by atoms with Crippen LogP contribution in [-0.2, 0) is 6.42 Å². The zero-order valence-corrected chi connectivity index (χ0v) is 9.07. The molecule has 0 spiro atoms. The van der Waals surface area contributed by atoms with Crippen molar-refractivity contribution in [3.63, 3.8) is 0 Å². The molecule has 0 saturated carbocycles. The molecule has 5 nitrogen and oxygen atoms in total. The fraction of sp³-hybridized carbons (Fsp3) is 0.182. The molecule has 0 fully saturated rings. The van der Waals surface area contributed by atoms with E-state index in [1.54, 1.807) is 0 Å². The van der Waals surface area contributed by atoms with Gasteiger partial charge in [-0.1, -0.05) is 6.92 Å². The van der Waals surface area contributed by atoms with E-state index in [1.165, 1.54) is 22.7 Å². The van der Waals surface area contributed by atoms with Crippen molar-refractivity contribution in [1.29, 1.82) is 0 Å². The minimum absolute atomic E-state index is 0.229. The Morgan fingerprint density at radius 1 is 1.41 bits per heavy atom. The van der Waals surface area contributed by atoms with Gasteiger partial charge in [-0.25, -0.2) is 14.4 Å². The van der Waals surface area contributed by atoms with Gasteiger partial charge in [-0.15, -0.1) is 0 Å². The molecule has 17 heavy (non-hydrogen) atoms. The van der Waals surface area contributed by atoms with Crippen molar-refractivity contribution in [2.24, 2.45) is 0 Å². The van der Waals surface area contributed by atoms with Crippen LogP contribution in [0.4, 0.5) is 4.39 Å². The predicted molar refractivity (Wildman–Crippen MR) is 60.4 cm³/mol. The highest BCUT2D eigenvalue weighted by atomic mass is 19.1. The van der Waals surface area contributed by atoms with Crippen molar-refractivity contribution >= 4 is 16.8 Å². The Labute approximate surface area is 94.9 Å². The lowest BCUT2D eigenvalue weighted by molar-refractivity contribution is 0.620. The molecule has 0 aliphatic carbocycles. The summed E-state index contributed by atoms with van der Waals surface area (Å²) in [4.78, 5) is 22.8. The van der Waals surface area contributed by atoms with Gasteiger partial charge in [0.15, 0.2) is 11.2 Å². The molecule has 0 aliphatic heterocycles. The molecule has 3 heterocycles. The number of nitrogens with zero attached hydrogens (tertiary/aromatic N) is 3. The van der Waals surface area contributed by atoms with Crippen molar-refractivity contribution in [1.82, 2.24) is 19.4 Å². The van der Waals surface area contributed by atoms with E-state index in [0.29, 0.717) is 23.5 Å². The molecule has 1 N–H and O–H groups in total. The number of H-pyrrole nitrogens is 1. The van der Waals surface area contributed by atoms with Gasteiger partial charge in [-0.05, 0) is 12.1 Å². The van der Waals surface area contributed by atoms with E-state index in [9.17, 15) is 9.18 Å². The second-order valence-corrected chi connectivity index (χ2v) is 3.73. The van der Waals surface area contributed by atoms with E-state index in [0.717, 1.165) is 0 Å². The van der Waals surface area contributed by atoms with Gasteiger partial charge in [-0.2, -0.15) is 0 Å². The Morgan fingerprint density at radius 3 is 3.00 bits per heavy atom. The van der Waals surface area contributed by atoms with E-state index in [1.807, 2.05) is 6.92 Å². The SMILES string of the molecule is CCc1nc2c(nc3ccc(F)cn32)c(=O)[nH]1. The number of hydrogen-bond acceptors (Lipinski definition) is 3. The van der Waals surface area contributed by atoms with Crippen LogP contribution in [0.25, 0.3) is 16.8 Å². The lowest BCUT2D eigenvalue weighted by Crippen LogP contribution is -2.11. The molecule has 0 bridgehead atoms. The monoisotopic (exact) mass is 232 g/mol. The maximum absolute atomic E-state index is 13.2. The first kappa shape index (κ1) is 9.95. The van der Waals surface area contributed by atoms with Gasteiger partial charge in [-0.3, -0.25) is 9.20 Å². The number of aromatic amines is 1. The molecule has 0 unspecified atom stereocenters. The molecular formula is C11H9FN4O. The highest BCUT2D eigenvalue weighted by Gasteiger charge is 2.10. The summed E-state index contributed by atoms with van der Waals surface area (Å²) >= 11 is 0. The topological polar surface area (TPSA) is 63.1 Å². The maximum Gasteiger partial charge on any atom is 0.279 e. The van der Waals surface area contributed by atoms with Crippen molar-refractivity contribution in [3.8, 4) is 0 Å². The van der Waals surface area contributed by atoms with Gasteiger partial charge in [0.2, 0.25) is 0 Å². The molecule has 86 valence electrons. The number of aromatic nitrogens is 4. The first-order chi connectivity index (χ1) is 8.19. The molecule has 0 radical (unpaired) electrons. The number of halogens is 1. The first-order valence-electron chi connectivity index (χ1n) is 5.25. The van der Waals surface area contributed by atoms with Crippen molar-refractivity contribution in [2.75, 3.05) is 0 Å². The number of rotatable bonds is 1. The van der Waals surface area contributed by atoms with Gasteiger partial charge in [0.05, 0.1) is 0 Å². The fourth-order valence-electron chi connectivity index (χ4n) is 1.78. The number of pyridine rings is 1. The minimum atomic E-state index is -0.392. The second-order valence-electron chi connectivity index (χ2n) is 3.73. The summed E-state index contributed by atoms with van der Waals surface area (Å²) in [5.41, 5.74) is 0.830. The lowest BCUT2D eigenvalue weighted by atomic mass is 10.4. The molecule has 6 heteroatoms. The largest absolute Gasteiger partial charge is 0.309 e. The summed E-state index contributed by atoms with van der Waals surface area (Å²) in [6, 6.07) is 2.82. The van der Waals surface area contributed by atoms with Gasteiger partial charge in [0, 0.05) is 12.6 Å². The van der Waals surface area contributed by atoms with E-state index < -0.39 is 5.82 Å². The molecular weight excluding hydrogens is 223 g/mol. The molecule has 0 aliphatic rings. The van der Waals surface area contributed by atoms with Gasteiger partial charge >= 0.3 is 0 Å². The zero-order valence-electron chi connectivity index (χ0n) is 9.07. The normalized spacial score (nSPS) is 11.4. The summed E-state index contributed by atoms with van der Waals surface area (Å²) < 4.78 is 14.6.